The van der Waals surface area contributed by atoms with E-state index in [1.165, 1.54) is 34.3 Å². The maximum Gasteiger partial charge on any atom is 0.305 e. The SMILES string of the molecule is O=C(O)CC1CSCCN1S(=O)(=O)c1cccc(F)c1. The standard InChI is InChI=1S/C12H14FNO4S2/c13-9-2-1-3-11(6-9)20(17,18)14-4-5-19-8-10(14)7-12(15)16/h1-3,6,10H,4-5,7-8H2,(H,15,16). The third kappa shape index (κ3) is 3.31. The third-order valence-electron chi connectivity index (χ3n) is 2.99. The summed E-state index contributed by atoms with van der Waals surface area (Å²) >= 11 is 1.52. The highest BCUT2D eigenvalue weighted by atomic mass is 32.2. The number of carboxylic acids is 1. The molecule has 1 aromatic rings. The van der Waals surface area contributed by atoms with Crippen LogP contribution in [0.4, 0.5) is 4.39 Å². The van der Waals surface area contributed by atoms with Crippen LogP contribution in [0.1, 0.15) is 6.42 Å². The minimum atomic E-state index is -3.86. The zero-order valence-electron chi connectivity index (χ0n) is 10.5. The predicted molar refractivity (Wildman–Crippen MR) is 73.7 cm³/mol. The van der Waals surface area contributed by atoms with Gasteiger partial charge in [0.25, 0.3) is 0 Å². The van der Waals surface area contributed by atoms with Gasteiger partial charge in [-0.3, -0.25) is 4.79 Å². The van der Waals surface area contributed by atoms with Crippen LogP contribution < -0.4 is 0 Å². The van der Waals surface area contributed by atoms with Crippen molar-refractivity contribution < 1.29 is 22.7 Å². The molecule has 1 aliphatic rings. The number of hydrogen-bond donors (Lipinski definition) is 1. The highest BCUT2D eigenvalue weighted by Crippen LogP contribution is 2.26. The molecule has 1 aromatic carbocycles. The van der Waals surface area contributed by atoms with E-state index in [-0.39, 0.29) is 17.9 Å². The van der Waals surface area contributed by atoms with Crippen molar-refractivity contribution >= 4 is 27.8 Å². The largest absolute Gasteiger partial charge is 0.481 e. The smallest absolute Gasteiger partial charge is 0.305 e. The second kappa shape index (κ2) is 6.11. The van der Waals surface area contributed by atoms with Crippen LogP contribution >= 0.6 is 11.8 Å². The molecule has 0 aliphatic carbocycles. The Hall–Kier alpha value is -1.12. The molecule has 110 valence electrons. The number of rotatable bonds is 4. The molecule has 0 amide bonds. The van der Waals surface area contributed by atoms with Crippen molar-refractivity contribution in [3.05, 3.63) is 30.1 Å². The molecule has 0 saturated carbocycles. The van der Waals surface area contributed by atoms with Gasteiger partial charge < -0.3 is 5.11 Å². The van der Waals surface area contributed by atoms with Crippen molar-refractivity contribution in [2.24, 2.45) is 0 Å². The van der Waals surface area contributed by atoms with Gasteiger partial charge in [0.05, 0.1) is 11.3 Å². The average Bonchev–Trinajstić information content (AvgIpc) is 2.38. The Labute approximate surface area is 120 Å². The van der Waals surface area contributed by atoms with Gasteiger partial charge in [-0.25, -0.2) is 12.8 Å². The number of benzene rings is 1. The number of nitrogens with zero attached hydrogens (tertiary/aromatic N) is 1. The normalized spacial score (nSPS) is 20.8. The fourth-order valence-corrected chi connectivity index (χ4v) is 5.01. The summed E-state index contributed by atoms with van der Waals surface area (Å²) in [6, 6.07) is 4.17. The van der Waals surface area contributed by atoms with Gasteiger partial charge in [-0.1, -0.05) is 6.07 Å². The lowest BCUT2D eigenvalue weighted by atomic mass is 10.2. The third-order valence-corrected chi connectivity index (χ3v) is 6.03. The maximum atomic E-state index is 13.2. The van der Waals surface area contributed by atoms with Gasteiger partial charge >= 0.3 is 5.97 Å². The molecule has 0 bridgehead atoms. The van der Waals surface area contributed by atoms with E-state index in [9.17, 15) is 17.6 Å². The van der Waals surface area contributed by atoms with E-state index in [2.05, 4.69) is 0 Å². The lowest BCUT2D eigenvalue weighted by Gasteiger charge is -2.33. The van der Waals surface area contributed by atoms with Crippen molar-refractivity contribution in [2.45, 2.75) is 17.4 Å². The summed E-state index contributed by atoms with van der Waals surface area (Å²) in [5.41, 5.74) is 0. The van der Waals surface area contributed by atoms with E-state index < -0.39 is 27.9 Å². The fourth-order valence-electron chi connectivity index (χ4n) is 2.08. The summed E-state index contributed by atoms with van der Waals surface area (Å²) in [6.07, 6.45) is -0.248. The van der Waals surface area contributed by atoms with Crippen LogP contribution in [-0.4, -0.2) is 47.9 Å². The van der Waals surface area contributed by atoms with Gasteiger partial charge in [-0.2, -0.15) is 16.1 Å². The summed E-state index contributed by atoms with van der Waals surface area (Å²) in [5.74, 6) is -0.643. The zero-order valence-corrected chi connectivity index (χ0v) is 12.2. The number of aliphatic carboxylic acids is 1. The fraction of sp³-hybridized carbons (Fsp3) is 0.417. The molecule has 1 unspecified atom stereocenters. The number of carbonyl (C=O) groups is 1. The van der Waals surface area contributed by atoms with Crippen molar-refractivity contribution in [1.82, 2.24) is 4.31 Å². The Morgan fingerprint density at radius 3 is 2.90 bits per heavy atom. The van der Waals surface area contributed by atoms with Gasteiger partial charge in [0.1, 0.15) is 5.82 Å². The van der Waals surface area contributed by atoms with Crippen LogP contribution in [0.15, 0.2) is 29.2 Å². The Bertz CT molecular complexity index is 605. The molecule has 0 aromatic heterocycles. The first-order valence-corrected chi connectivity index (χ1v) is 8.57. The highest BCUT2D eigenvalue weighted by molar-refractivity contribution is 7.99. The predicted octanol–water partition coefficient (Wildman–Crippen LogP) is 1.41. The van der Waals surface area contributed by atoms with E-state index in [0.29, 0.717) is 11.5 Å². The topological polar surface area (TPSA) is 74.7 Å². The molecule has 0 radical (unpaired) electrons. The molecular formula is C12H14FNO4S2. The van der Waals surface area contributed by atoms with Crippen molar-refractivity contribution in [2.75, 3.05) is 18.1 Å². The lowest BCUT2D eigenvalue weighted by Crippen LogP contribution is -2.46. The minimum absolute atomic E-state index is 0.139. The van der Waals surface area contributed by atoms with Crippen LogP contribution in [0.25, 0.3) is 0 Å². The molecule has 2 rings (SSSR count). The average molecular weight is 319 g/mol. The van der Waals surface area contributed by atoms with E-state index in [1.54, 1.807) is 0 Å². The molecule has 1 heterocycles. The first-order valence-electron chi connectivity index (χ1n) is 5.98. The molecule has 1 aliphatic heterocycles. The monoisotopic (exact) mass is 319 g/mol. The van der Waals surface area contributed by atoms with Crippen LogP contribution in [0.3, 0.4) is 0 Å². The second-order valence-corrected chi connectivity index (χ2v) is 7.44. The van der Waals surface area contributed by atoms with Gasteiger partial charge in [-0.05, 0) is 18.2 Å². The van der Waals surface area contributed by atoms with Crippen LogP contribution in [0, 0.1) is 5.82 Å². The van der Waals surface area contributed by atoms with Gasteiger partial charge in [-0.15, -0.1) is 0 Å². The van der Waals surface area contributed by atoms with Crippen LogP contribution in [0.2, 0.25) is 0 Å². The Balaban J connectivity index is 2.33. The number of hydrogen-bond acceptors (Lipinski definition) is 4. The van der Waals surface area contributed by atoms with Crippen molar-refractivity contribution in [3.63, 3.8) is 0 Å². The second-order valence-electron chi connectivity index (χ2n) is 4.40. The number of sulfonamides is 1. The lowest BCUT2D eigenvalue weighted by molar-refractivity contribution is -0.137. The quantitative estimate of drug-likeness (QED) is 0.908. The maximum absolute atomic E-state index is 13.2. The van der Waals surface area contributed by atoms with Gasteiger partial charge in [0, 0.05) is 24.1 Å². The van der Waals surface area contributed by atoms with E-state index in [1.807, 2.05) is 0 Å². The molecule has 1 N–H and O–H groups in total. The molecule has 1 atom stereocenters. The molecule has 8 heteroatoms. The highest BCUT2D eigenvalue weighted by Gasteiger charge is 2.35. The Morgan fingerprint density at radius 2 is 2.25 bits per heavy atom. The molecule has 20 heavy (non-hydrogen) atoms. The first kappa shape index (κ1) is 15.3. The molecule has 1 saturated heterocycles. The number of thioether (sulfide) groups is 1. The van der Waals surface area contributed by atoms with E-state index in [4.69, 9.17) is 5.11 Å². The Morgan fingerprint density at radius 1 is 1.50 bits per heavy atom. The van der Waals surface area contributed by atoms with Crippen molar-refractivity contribution in [1.29, 1.82) is 0 Å². The summed E-state index contributed by atoms with van der Waals surface area (Å²) in [5, 5.41) is 8.87. The molecular weight excluding hydrogens is 305 g/mol. The summed E-state index contributed by atoms with van der Waals surface area (Å²) in [4.78, 5) is 10.7. The zero-order chi connectivity index (χ0) is 14.8. The number of halogens is 1. The van der Waals surface area contributed by atoms with E-state index in [0.717, 1.165) is 6.07 Å². The van der Waals surface area contributed by atoms with Gasteiger partial charge in [0.2, 0.25) is 10.0 Å². The number of carboxylic acid groups (broad SMARTS) is 1. The summed E-state index contributed by atoms with van der Waals surface area (Å²) < 4.78 is 39.3. The van der Waals surface area contributed by atoms with Crippen LogP contribution in [-0.2, 0) is 14.8 Å². The molecule has 0 spiro atoms. The minimum Gasteiger partial charge on any atom is -0.481 e. The molecule has 1 fully saturated rings. The van der Waals surface area contributed by atoms with Gasteiger partial charge in [0.15, 0.2) is 0 Å². The summed E-state index contributed by atoms with van der Waals surface area (Å²) in [7, 11) is -3.86. The van der Waals surface area contributed by atoms with Crippen molar-refractivity contribution in [3.8, 4) is 0 Å². The summed E-state index contributed by atoms with van der Waals surface area (Å²) in [6.45, 7) is 0.238. The Kier molecular flexibility index (Phi) is 4.66. The van der Waals surface area contributed by atoms with Crippen LogP contribution in [0.5, 0.6) is 0 Å². The molecule has 5 nitrogen and oxygen atoms in total. The first-order chi connectivity index (χ1) is 9.41. The van der Waals surface area contributed by atoms with E-state index >= 15 is 0 Å².